The summed E-state index contributed by atoms with van der Waals surface area (Å²) in [5.41, 5.74) is 0.574. The predicted octanol–water partition coefficient (Wildman–Crippen LogP) is 1.54. The first-order chi connectivity index (χ1) is 12.1. The van der Waals surface area contributed by atoms with Crippen LogP contribution in [0, 0.1) is 11.7 Å². The van der Waals surface area contributed by atoms with Gasteiger partial charge >= 0.3 is 0 Å². The first kappa shape index (κ1) is 18.0. The van der Waals surface area contributed by atoms with Crippen LogP contribution in [-0.4, -0.2) is 67.3 Å². The Labute approximate surface area is 148 Å². The Morgan fingerprint density at radius 2 is 1.84 bits per heavy atom. The number of piperidine rings is 1. The van der Waals surface area contributed by atoms with Crippen LogP contribution in [0.4, 0.5) is 4.39 Å². The molecule has 6 heteroatoms. The van der Waals surface area contributed by atoms with Crippen LogP contribution in [0.2, 0.25) is 0 Å². The average molecular weight is 347 g/mol. The summed E-state index contributed by atoms with van der Waals surface area (Å²) in [5, 5.41) is 3.25. The number of ketones is 1. The van der Waals surface area contributed by atoms with E-state index in [1.165, 1.54) is 12.1 Å². The number of halogens is 1. The van der Waals surface area contributed by atoms with Gasteiger partial charge in [0, 0.05) is 57.2 Å². The fraction of sp³-hybridized carbons (Fsp3) is 0.579. The van der Waals surface area contributed by atoms with E-state index in [1.54, 1.807) is 12.1 Å². The van der Waals surface area contributed by atoms with Gasteiger partial charge in [0.1, 0.15) is 5.82 Å². The molecule has 0 spiro atoms. The molecule has 136 valence electrons. The van der Waals surface area contributed by atoms with Crippen LogP contribution in [0.25, 0.3) is 0 Å². The summed E-state index contributed by atoms with van der Waals surface area (Å²) in [6, 6.07) is 5.79. The normalized spacial score (nSPS) is 22.0. The molecule has 2 aliphatic rings. The molecule has 0 radical (unpaired) electrons. The average Bonchev–Trinajstić information content (AvgIpc) is 2.67. The molecule has 2 heterocycles. The summed E-state index contributed by atoms with van der Waals surface area (Å²) in [7, 11) is 0. The number of carbonyl (C=O) groups excluding carboxylic acids is 2. The molecule has 2 fully saturated rings. The van der Waals surface area contributed by atoms with Gasteiger partial charge in [-0.05, 0) is 43.7 Å². The summed E-state index contributed by atoms with van der Waals surface area (Å²) in [4.78, 5) is 29.0. The summed E-state index contributed by atoms with van der Waals surface area (Å²) in [5.74, 6) is -0.103. The number of rotatable bonds is 5. The van der Waals surface area contributed by atoms with Crippen LogP contribution in [0.1, 0.15) is 29.6 Å². The lowest BCUT2D eigenvalue weighted by molar-refractivity contribution is -0.132. The molecule has 3 rings (SSSR count). The second kappa shape index (κ2) is 8.54. The largest absolute Gasteiger partial charge is 0.340 e. The van der Waals surface area contributed by atoms with Crippen LogP contribution < -0.4 is 5.32 Å². The molecule has 0 aromatic heterocycles. The van der Waals surface area contributed by atoms with E-state index in [9.17, 15) is 14.0 Å². The monoisotopic (exact) mass is 347 g/mol. The van der Waals surface area contributed by atoms with Gasteiger partial charge in [-0.15, -0.1) is 0 Å². The van der Waals surface area contributed by atoms with E-state index in [1.807, 2.05) is 4.90 Å². The summed E-state index contributed by atoms with van der Waals surface area (Å²) in [6.07, 6.45) is 2.33. The maximum Gasteiger partial charge on any atom is 0.223 e. The highest BCUT2D eigenvalue weighted by molar-refractivity contribution is 5.98. The highest BCUT2D eigenvalue weighted by Crippen LogP contribution is 2.21. The Bertz CT molecular complexity index is 599. The number of piperazine rings is 1. The maximum atomic E-state index is 13.0. The highest BCUT2D eigenvalue weighted by atomic mass is 19.1. The zero-order chi connectivity index (χ0) is 17.6. The SMILES string of the molecule is O=C(c1ccc(F)cc1)C1CCCN(CCC(=O)N2CCNCC2)C1. The van der Waals surface area contributed by atoms with E-state index in [4.69, 9.17) is 0 Å². The molecule has 2 aliphatic heterocycles. The number of carbonyl (C=O) groups is 2. The van der Waals surface area contributed by atoms with Crippen molar-refractivity contribution in [2.24, 2.45) is 5.92 Å². The standard InChI is InChI=1S/C19H26FN3O2/c20-17-5-3-15(4-6-17)19(25)16-2-1-10-22(14-16)11-7-18(24)23-12-8-21-9-13-23/h3-6,16,21H,1-2,7-14H2. The molecular weight excluding hydrogens is 321 g/mol. The van der Waals surface area contributed by atoms with Gasteiger partial charge in [-0.3, -0.25) is 9.59 Å². The number of likely N-dealkylation sites (tertiary alicyclic amines) is 1. The van der Waals surface area contributed by atoms with Crippen LogP contribution >= 0.6 is 0 Å². The zero-order valence-electron chi connectivity index (χ0n) is 14.5. The first-order valence-corrected chi connectivity index (χ1v) is 9.14. The molecule has 1 amide bonds. The van der Waals surface area contributed by atoms with Crippen molar-refractivity contribution < 1.29 is 14.0 Å². The van der Waals surface area contributed by atoms with Gasteiger partial charge in [0.25, 0.3) is 0 Å². The van der Waals surface area contributed by atoms with Gasteiger partial charge in [-0.2, -0.15) is 0 Å². The summed E-state index contributed by atoms with van der Waals surface area (Å²) >= 11 is 0. The van der Waals surface area contributed by atoms with Gasteiger partial charge in [-0.25, -0.2) is 4.39 Å². The number of nitrogens with one attached hydrogen (secondary N) is 1. The van der Waals surface area contributed by atoms with E-state index in [0.29, 0.717) is 25.1 Å². The topological polar surface area (TPSA) is 52.7 Å². The lowest BCUT2D eigenvalue weighted by atomic mass is 9.90. The molecule has 2 saturated heterocycles. The Hall–Kier alpha value is -1.79. The van der Waals surface area contributed by atoms with Gasteiger partial charge in [0.15, 0.2) is 5.78 Å². The lowest BCUT2D eigenvalue weighted by Crippen LogP contribution is -2.47. The molecule has 1 unspecified atom stereocenters. The summed E-state index contributed by atoms with van der Waals surface area (Å²) < 4.78 is 13.0. The lowest BCUT2D eigenvalue weighted by Gasteiger charge is -2.33. The van der Waals surface area contributed by atoms with Gasteiger partial charge in [-0.1, -0.05) is 0 Å². The zero-order valence-corrected chi connectivity index (χ0v) is 14.5. The molecule has 0 saturated carbocycles. The minimum absolute atomic E-state index is 0.0616. The minimum Gasteiger partial charge on any atom is -0.340 e. The molecule has 0 aliphatic carbocycles. The molecule has 0 bridgehead atoms. The Morgan fingerprint density at radius 1 is 1.12 bits per heavy atom. The highest BCUT2D eigenvalue weighted by Gasteiger charge is 2.27. The number of benzene rings is 1. The van der Waals surface area contributed by atoms with Crippen LogP contribution in [0.15, 0.2) is 24.3 Å². The molecule has 1 atom stereocenters. The van der Waals surface area contributed by atoms with E-state index < -0.39 is 0 Å². The Morgan fingerprint density at radius 3 is 2.56 bits per heavy atom. The summed E-state index contributed by atoms with van der Waals surface area (Å²) in [6.45, 7) is 5.62. The van der Waals surface area contributed by atoms with Crippen LogP contribution in [0.5, 0.6) is 0 Å². The van der Waals surface area contributed by atoms with Crippen molar-refractivity contribution >= 4 is 11.7 Å². The second-order valence-electron chi connectivity index (χ2n) is 6.89. The van der Waals surface area contributed by atoms with E-state index in [2.05, 4.69) is 10.2 Å². The first-order valence-electron chi connectivity index (χ1n) is 9.14. The fourth-order valence-corrected chi connectivity index (χ4v) is 3.65. The number of amides is 1. The number of Topliss-reactive ketones (excluding diaryl/α,β-unsaturated/α-hetero) is 1. The predicted molar refractivity (Wildman–Crippen MR) is 94.0 cm³/mol. The quantitative estimate of drug-likeness (QED) is 0.821. The number of hydrogen-bond acceptors (Lipinski definition) is 4. The molecule has 5 nitrogen and oxygen atoms in total. The molecular formula is C19H26FN3O2. The van der Waals surface area contributed by atoms with E-state index in [-0.39, 0.29) is 23.4 Å². The van der Waals surface area contributed by atoms with Gasteiger partial charge in [0.2, 0.25) is 5.91 Å². The van der Waals surface area contributed by atoms with Crippen LogP contribution in [0.3, 0.4) is 0 Å². The van der Waals surface area contributed by atoms with Gasteiger partial charge < -0.3 is 15.1 Å². The maximum absolute atomic E-state index is 13.0. The third kappa shape index (κ3) is 4.86. The third-order valence-electron chi connectivity index (χ3n) is 5.12. The minimum atomic E-state index is -0.326. The van der Waals surface area contributed by atoms with Crippen molar-refractivity contribution in [2.75, 3.05) is 45.8 Å². The van der Waals surface area contributed by atoms with Crippen molar-refractivity contribution in [2.45, 2.75) is 19.3 Å². The van der Waals surface area contributed by atoms with E-state index in [0.717, 1.165) is 45.6 Å². The molecule has 25 heavy (non-hydrogen) atoms. The fourth-order valence-electron chi connectivity index (χ4n) is 3.65. The third-order valence-corrected chi connectivity index (χ3v) is 5.12. The van der Waals surface area contributed by atoms with Crippen molar-refractivity contribution in [1.29, 1.82) is 0 Å². The molecule has 1 aromatic rings. The number of hydrogen-bond donors (Lipinski definition) is 1. The second-order valence-corrected chi connectivity index (χ2v) is 6.89. The Kier molecular flexibility index (Phi) is 6.15. The smallest absolute Gasteiger partial charge is 0.223 e. The van der Waals surface area contributed by atoms with E-state index >= 15 is 0 Å². The number of nitrogens with zero attached hydrogens (tertiary/aromatic N) is 2. The molecule has 1 N–H and O–H groups in total. The van der Waals surface area contributed by atoms with Crippen molar-refractivity contribution in [1.82, 2.24) is 15.1 Å². The van der Waals surface area contributed by atoms with Crippen molar-refractivity contribution in [3.8, 4) is 0 Å². The van der Waals surface area contributed by atoms with Crippen LogP contribution in [-0.2, 0) is 4.79 Å². The van der Waals surface area contributed by atoms with Crippen molar-refractivity contribution in [3.05, 3.63) is 35.6 Å². The molecule has 1 aromatic carbocycles. The van der Waals surface area contributed by atoms with Gasteiger partial charge in [0.05, 0.1) is 0 Å². The van der Waals surface area contributed by atoms with Crippen molar-refractivity contribution in [3.63, 3.8) is 0 Å². The Balaban J connectivity index is 1.49.